The molecule has 1 aromatic carbocycles. The van der Waals surface area contributed by atoms with E-state index in [0.717, 1.165) is 4.90 Å². The molecular formula is C20H29FN3O4+. The molecule has 0 bridgehead atoms. The van der Waals surface area contributed by atoms with Gasteiger partial charge in [-0.25, -0.2) is 4.39 Å². The van der Waals surface area contributed by atoms with Crippen molar-refractivity contribution in [2.45, 2.75) is 32.7 Å². The monoisotopic (exact) mass is 394 g/mol. The van der Waals surface area contributed by atoms with E-state index in [0.29, 0.717) is 38.2 Å². The highest BCUT2D eigenvalue weighted by Crippen LogP contribution is 2.19. The number of amides is 2. The van der Waals surface area contributed by atoms with E-state index in [2.05, 4.69) is 5.32 Å². The van der Waals surface area contributed by atoms with Crippen molar-refractivity contribution >= 4 is 23.5 Å². The maximum Gasteiger partial charge on any atom is 0.309 e. The second-order valence-corrected chi connectivity index (χ2v) is 7.15. The number of benzene rings is 1. The molecule has 1 heterocycles. The molecule has 1 aliphatic heterocycles. The molecule has 0 radical (unpaired) electrons. The number of anilines is 1. The van der Waals surface area contributed by atoms with Crippen molar-refractivity contribution < 1.29 is 28.4 Å². The first kappa shape index (κ1) is 21.8. The molecular weight excluding hydrogens is 365 g/mol. The van der Waals surface area contributed by atoms with E-state index in [9.17, 15) is 18.8 Å². The number of halogens is 1. The van der Waals surface area contributed by atoms with Crippen LogP contribution in [0.3, 0.4) is 0 Å². The average Bonchev–Trinajstić information content (AvgIpc) is 2.67. The average molecular weight is 394 g/mol. The van der Waals surface area contributed by atoms with Crippen LogP contribution in [-0.2, 0) is 19.1 Å². The van der Waals surface area contributed by atoms with Crippen molar-refractivity contribution in [1.29, 1.82) is 0 Å². The number of quaternary nitrogens is 1. The van der Waals surface area contributed by atoms with Gasteiger partial charge in [0.25, 0.3) is 11.8 Å². The van der Waals surface area contributed by atoms with E-state index in [1.807, 2.05) is 0 Å². The van der Waals surface area contributed by atoms with Gasteiger partial charge in [0.2, 0.25) is 0 Å². The van der Waals surface area contributed by atoms with Crippen LogP contribution in [0.1, 0.15) is 26.7 Å². The summed E-state index contributed by atoms with van der Waals surface area (Å²) < 4.78 is 18.3. The molecule has 0 saturated carbocycles. The van der Waals surface area contributed by atoms with Crippen molar-refractivity contribution in [2.24, 2.45) is 5.92 Å². The molecule has 0 spiro atoms. The Hall–Kier alpha value is -2.48. The van der Waals surface area contributed by atoms with Gasteiger partial charge in [0.1, 0.15) is 5.82 Å². The van der Waals surface area contributed by atoms with Gasteiger partial charge in [0, 0.05) is 18.8 Å². The predicted octanol–water partition coefficient (Wildman–Crippen LogP) is 0.469. The minimum absolute atomic E-state index is 0.0432. The summed E-state index contributed by atoms with van der Waals surface area (Å²) in [5, 5.41) is 2.64. The van der Waals surface area contributed by atoms with Crippen LogP contribution in [-0.4, -0.2) is 62.0 Å². The van der Waals surface area contributed by atoms with Gasteiger partial charge in [-0.05, 0) is 44.9 Å². The lowest BCUT2D eigenvalue weighted by molar-refractivity contribution is -0.886. The second-order valence-electron chi connectivity index (χ2n) is 7.15. The molecule has 0 aliphatic carbocycles. The Labute approximate surface area is 164 Å². The first-order valence-electron chi connectivity index (χ1n) is 9.65. The minimum atomic E-state index is -0.423. The van der Waals surface area contributed by atoms with Gasteiger partial charge >= 0.3 is 5.97 Å². The molecule has 1 aliphatic rings. The van der Waals surface area contributed by atoms with Crippen molar-refractivity contribution in [3.63, 3.8) is 0 Å². The molecule has 1 aromatic rings. The standard InChI is InChI=1S/C20H28FN3O4/c1-4-28-20(27)15-8-10-24(11-9-15)19(26)14(2)23(3)13-18(25)22-17-7-5-6-16(21)12-17/h5-7,12,14-15H,4,8-11,13H2,1-3H3,(H,22,25)/p+1/t14-/m1/s1. The van der Waals surface area contributed by atoms with Crippen LogP contribution in [0.15, 0.2) is 24.3 Å². The van der Waals surface area contributed by atoms with Gasteiger partial charge in [-0.3, -0.25) is 14.4 Å². The van der Waals surface area contributed by atoms with Crippen LogP contribution in [0.4, 0.5) is 10.1 Å². The van der Waals surface area contributed by atoms with E-state index >= 15 is 0 Å². The third kappa shape index (κ3) is 6.02. The summed E-state index contributed by atoms with van der Waals surface area (Å²) in [6.07, 6.45) is 1.19. The largest absolute Gasteiger partial charge is 0.466 e. The Morgan fingerprint density at radius 3 is 2.61 bits per heavy atom. The Morgan fingerprint density at radius 1 is 1.32 bits per heavy atom. The van der Waals surface area contributed by atoms with Crippen LogP contribution in [0.25, 0.3) is 0 Å². The lowest BCUT2D eigenvalue weighted by Crippen LogP contribution is -3.15. The summed E-state index contributed by atoms with van der Waals surface area (Å²) in [6.45, 7) is 5.03. The fraction of sp³-hybridized carbons (Fsp3) is 0.550. The van der Waals surface area contributed by atoms with Gasteiger partial charge in [-0.1, -0.05) is 6.07 Å². The zero-order chi connectivity index (χ0) is 20.7. The molecule has 2 rings (SSSR count). The number of ether oxygens (including phenoxy) is 1. The first-order chi connectivity index (χ1) is 13.3. The predicted molar refractivity (Wildman–Crippen MR) is 102 cm³/mol. The van der Waals surface area contributed by atoms with E-state index in [1.54, 1.807) is 31.9 Å². The van der Waals surface area contributed by atoms with Crippen LogP contribution in [0.5, 0.6) is 0 Å². The maximum absolute atomic E-state index is 13.2. The molecule has 2 atom stereocenters. The molecule has 154 valence electrons. The molecule has 0 aromatic heterocycles. The van der Waals surface area contributed by atoms with Gasteiger partial charge in [-0.15, -0.1) is 0 Å². The number of likely N-dealkylation sites (N-methyl/N-ethyl adjacent to an activating group) is 1. The molecule has 1 unspecified atom stereocenters. The molecule has 8 heteroatoms. The number of nitrogens with zero attached hydrogens (tertiary/aromatic N) is 1. The Bertz CT molecular complexity index is 704. The first-order valence-corrected chi connectivity index (χ1v) is 9.65. The summed E-state index contributed by atoms with van der Waals surface area (Å²) >= 11 is 0. The van der Waals surface area contributed by atoms with E-state index < -0.39 is 11.9 Å². The number of carbonyl (C=O) groups excluding carboxylic acids is 3. The SMILES string of the molecule is CCOC(=O)C1CCN(C(=O)[C@@H](C)[NH+](C)CC(=O)Nc2cccc(F)c2)CC1. The number of carbonyl (C=O) groups is 3. The van der Waals surface area contributed by atoms with Crippen molar-refractivity contribution in [3.05, 3.63) is 30.1 Å². The molecule has 1 saturated heterocycles. The van der Waals surface area contributed by atoms with Crippen molar-refractivity contribution in [1.82, 2.24) is 4.90 Å². The number of rotatable bonds is 7. The minimum Gasteiger partial charge on any atom is -0.466 e. The molecule has 2 amide bonds. The van der Waals surface area contributed by atoms with Gasteiger partial charge in [0.05, 0.1) is 19.6 Å². The van der Waals surface area contributed by atoms with Crippen molar-refractivity contribution in [2.75, 3.05) is 38.6 Å². The van der Waals surface area contributed by atoms with E-state index in [1.165, 1.54) is 18.2 Å². The summed E-state index contributed by atoms with van der Waals surface area (Å²) in [4.78, 5) is 39.2. The zero-order valence-electron chi connectivity index (χ0n) is 16.7. The van der Waals surface area contributed by atoms with E-state index in [-0.39, 0.29) is 30.2 Å². The third-order valence-electron chi connectivity index (χ3n) is 5.08. The number of likely N-dealkylation sites (tertiary alicyclic amines) is 1. The highest BCUT2D eigenvalue weighted by atomic mass is 19.1. The van der Waals surface area contributed by atoms with Gasteiger partial charge < -0.3 is 19.9 Å². The Morgan fingerprint density at radius 2 is 2.00 bits per heavy atom. The highest BCUT2D eigenvalue weighted by molar-refractivity contribution is 5.91. The van der Waals surface area contributed by atoms with Gasteiger partial charge in [0.15, 0.2) is 12.6 Å². The summed E-state index contributed by atoms with van der Waals surface area (Å²) in [5.74, 6) is -1.10. The molecule has 28 heavy (non-hydrogen) atoms. The molecule has 7 nitrogen and oxygen atoms in total. The number of hydrogen-bond acceptors (Lipinski definition) is 4. The topological polar surface area (TPSA) is 80.2 Å². The summed E-state index contributed by atoms with van der Waals surface area (Å²) in [7, 11) is 1.78. The van der Waals surface area contributed by atoms with Gasteiger partial charge in [-0.2, -0.15) is 0 Å². The van der Waals surface area contributed by atoms with Crippen LogP contribution in [0.2, 0.25) is 0 Å². The second kappa shape index (κ2) is 10.2. The smallest absolute Gasteiger partial charge is 0.309 e. The lowest BCUT2D eigenvalue weighted by atomic mass is 9.96. The number of hydrogen-bond donors (Lipinski definition) is 2. The quantitative estimate of drug-likeness (QED) is 0.659. The fourth-order valence-electron chi connectivity index (χ4n) is 3.26. The molecule has 2 N–H and O–H groups in total. The fourth-order valence-corrected chi connectivity index (χ4v) is 3.26. The highest BCUT2D eigenvalue weighted by Gasteiger charge is 2.33. The Kier molecular flexibility index (Phi) is 7.92. The number of esters is 1. The van der Waals surface area contributed by atoms with Crippen LogP contribution < -0.4 is 10.2 Å². The van der Waals surface area contributed by atoms with Crippen molar-refractivity contribution in [3.8, 4) is 0 Å². The lowest BCUT2D eigenvalue weighted by Gasteiger charge is -2.33. The number of nitrogens with one attached hydrogen (secondary N) is 2. The summed E-state index contributed by atoms with van der Waals surface area (Å²) in [6, 6.07) is 5.28. The Balaban J connectivity index is 1.82. The molecule has 1 fully saturated rings. The third-order valence-corrected chi connectivity index (χ3v) is 5.08. The number of piperidine rings is 1. The normalized spacial score (nSPS) is 16.9. The van der Waals surface area contributed by atoms with Crippen LogP contribution in [0, 0.1) is 11.7 Å². The van der Waals surface area contributed by atoms with E-state index in [4.69, 9.17) is 4.74 Å². The zero-order valence-corrected chi connectivity index (χ0v) is 16.7. The van der Waals surface area contributed by atoms with Crippen LogP contribution >= 0.6 is 0 Å². The summed E-state index contributed by atoms with van der Waals surface area (Å²) in [5.41, 5.74) is 0.387. The maximum atomic E-state index is 13.2.